The molecule has 5 nitrogen and oxygen atoms in total. The van der Waals surface area contributed by atoms with Crippen LogP contribution >= 0.6 is 11.6 Å². The van der Waals surface area contributed by atoms with Crippen LogP contribution in [0.25, 0.3) is 6.20 Å². The van der Waals surface area contributed by atoms with Crippen LogP contribution in [0, 0.1) is 6.92 Å². The third-order valence-corrected chi connectivity index (χ3v) is 3.69. The Morgan fingerprint density at radius 2 is 2.20 bits per heavy atom. The number of guanidine groups is 1. The molecule has 1 aromatic carbocycles. The summed E-state index contributed by atoms with van der Waals surface area (Å²) in [5.74, 6) is 1.53. The van der Waals surface area contributed by atoms with E-state index in [-0.39, 0.29) is 5.75 Å². The Morgan fingerprint density at radius 3 is 3.00 bits per heavy atom. The summed E-state index contributed by atoms with van der Waals surface area (Å²) in [6.07, 6.45) is 4.01. The molecule has 20 heavy (non-hydrogen) atoms. The van der Waals surface area contributed by atoms with Gasteiger partial charge in [-0.15, -0.1) is 11.6 Å². The number of phenols is 1. The van der Waals surface area contributed by atoms with Gasteiger partial charge in [0.15, 0.2) is 0 Å². The van der Waals surface area contributed by atoms with Crippen molar-refractivity contribution in [2.75, 3.05) is 19.1 Å². The van der Waals surface area contributed by atoms with Crippen LogP contribution in [0.15, 0.2) is 22.1 Å². The smallest absolute Gasteiger partial charge is 0.241 e. The summed E-state index contributed by atoms with van der Waals surface area (Å²) in [7, 11) is 0. The van der Waals surface area contributed by atoms with Gasteiger partial charge in [0.25, 0.3) is 0 Å². The van der Waals surface area contributed by atoms with Crippen molar-refractivity contribution in [3.63, 3.8) is 0 Å². The zero-order valence-electron chi connectivity index (χ0n) is 11.4. The van der Waals surface area contributed by atoms with E-state index in [2.05, 4.69) is 15.0 Å². The third kappa shape index (κ3) is 2.39. The number of hydrazine groups is 1. The number of hydrogen-bond acceptors (Lipinski definition) is 5. The van der Waals surface area contributed by atoms with Crippen LogP contribution in [0.1, 0.15) is 18.4 Å². The van der Waals surface area contributed by atoms with Crippen LogP contribution in [0.4, 0.5) is 0 Å². The molecule has 0 saturated carbocycles. The molecule has 1 N–H and O–H groups in total. The van der Waals surface area contributed by atoms with Crippen molar-refractivity contribution in [1.82, 2.24) is 10.0 Å². The molecular weight excluding hydrogens is 276 g/mol. The van der Waals surface area contributed by atoms with Gasteiger partial charge in [-0.05, 0) is 37.5 Å². The predicted octanol–water partition coefficient (Wildman–Crippen LogP) is 0.937. The lowest BCUT2D eigenvalue weighted by atomic mass is 10.2. The number of alkyl halides is 1. The van der Waals surface area contributed by atoms with Crippen molar-refractivity contribution >= 4 is 23.8 Å². The number of unbranched alkanes of at least 4 members (excludes halogenated alkanes) is 1. The molecule has 0 saturated heterocycles. The van der Waals surface area contributed by atoms with Crippen LogP contribution < -0.4 is 10.6 Å². The summed E-state index contributed by atoms with van der Waals surface area (Å²) in [6.45, 7) is 3.46. The van der Waals surface area contributed by atoms with Gasteiger partial charge >= 0.3 is 0 Å². The highest BCUT2D eigenvalue weighted by molar-refractivity contribution is 6.17. The fourth-order valence-corrected chi connectivity index (χ4v) is 2.63. The zero-order chi connectivity index (χ0) is 14.1. The molecular formula is C14H17ClN4O. The number of halogens is 1. The van der Waals surface area contributed by atoms with Crippen LogP contribution in [0.2, 0.25) is 0 Å². The van der Waals surface area contributed by atoms with Crippen LogP contribution in [-0.2, 0) is 0 Å². The van der Waals surface area contributed by atoms with Crippen LogP contribution in [-0.4, -0.2) is 40.2 Å². The first kappa shape index (κ1) is 13.4. The minimum atomic E-state index is 0.208. The number of aryl methyl sites for hydroxylation is 1. The minimum Gasteiger partial charge on any atom is -0.506 e. The molecule has 0 aliphatic carbocycles. The quantitative estimate of drug-likeness (QED) is 0.664. The van der Waals surface area contributed by atoms with Gasteiger partial charge in [0, 0.05) is 23.8 Å². The number of nitrogens with zero attached hydrogens (tertiary/aromatic N) is 4. The van der Waals surface area contributed by atoms with E-state index in [4.69, 9.17) is 11.6 Å². The molecule has 3 rings (SSSR count). The fourth-order valence-electron chi connectivity index (χ4n) is 2.44. The topological polar surface area (TPSA) is 51.4 Å². The second kappa shape index (κ2) is 5.42. The minimum absolute atomic E-state index is 0.208. The largest absolute Gasteiger partial charge is 0.506 e. The number of benzene rings is 1. The lowest BCUT2D eigenvalue weighted by Gasteiger charge is -2.27. The second-order valence-corrected chi connectivity index (χ2v) is 5.41. The number of aromatic hydroxyl groups is 1. The lowest BCUT2D eigenvalue weighted by molar-refractivity contribution is 0.130. The average molecular weight is 293 g/mol. The van der Waals surface area contributed by atoms with Crippen LogP contribution in [0.3, 0.4) is 0 Å². The van der Waals surface area contributed by atoms with E-state index in [1.54, 1.807) is 6.07 Å². The van der Waals surface area contributed by atoms with E-state index in [1.807, 2.05) is 24.2 Å². The molecule has 6 heteroatoms. The molecule has 0 bridgehead atoms. The fraction of sp³-hybridized carbons (Fsp3) is 0.429. The van der Waals surface area contributed by atoms with E-state index in [0.717, 1.165) is 30.2 Å². The standard InChI is InChI=1S/C14H17ClN4O/c1-10-6-11-8-19-14(17-13(11)12(20)7-10)16-9-18(19)5-3-2-4-15/h6-8,20H,2-5,9H2,1H3. The molecule has 0 amide bonds. The van der Waals surface area contributed by atoms with Crippen molar-refractivity contribution in [2.24, 2.45) is 9.98 Å². The Hall–Kier alpha value is -1.59. The van der Waals surface area contributed by atoms with E-state index in [9.17, 15) is 5.11 Å². The van der Waals surface area contributed by atoms with E-state index < -0.39 is 0 Å². The van der Waals surface area contributed by atoms with Gasteiger partial charge in [0.05, 0.1) is 0 Å². The Kier molecular flexibility index (Phi) is 3.63. The lowest BCUT2D eigenvalue weighted by Crippen LogP contribution is -2.44. The van der Waals surface area contributed by atoms with E-state index in [1.165, 1.54) is 0 Å². The summed E-state index contributed by atoms with van der Waals surface area (Å²) in [5, 5.41) is 15.6. The van der Waals surface area contributed by atoms with Crippen molar-refractivity contribution in [3.05, 3.63) is 28.3 Å². The molecule has 0 spiro atoms. The highest BCUT2D eigenvalue weighted by Crippen LogP contribution is 2.14. The van der Waals surface area contributed by atoms with E-state index >= 15 is 0 Å². The van der Waals surface area contributed by atoms with Crippen LogP contribution in [0.5, 0.6) is 5.75 Å². The summed E-state index contributed by atoms with van der Waals surface area (Å²) < 4.78 is 0. The predicted molar refractivity (Wildman–Crippen MR) is 78.9 cm³/mol. The van der Waals surface area contributed by atoms with Gasteiger partial charge in [-0.25, -0.2) is 15.0 Å². The number of hydrogen-bond donors (Lipinski definition) is 1. The van der Waals surface area contributed by atoms with Gasteiger partial charge in [0.2, 0.25) is 5.96 Å². The molecule has 2 heterocycles. The first-order chi connectivity index (χ1) is 9.69. The normalized spacial score (nSPS) is 17.1. The SMILES string of the molecule is Cc1cc(O)c2c(c1)=CN1C(=NCN1CCCCCl)N=2. The van der Waals surface area contributed by atoms with Crippen molar-refractivity contribution in [2.45, 2.75) is 19.8 Å². The zero-order valence-corrected chi connectivity index (χ0v) is 12.1. The van der Waals surface area contributed by atoms with E-state index in [0.29, 0.717) is 23.9 Å². The van der Waals surface area contributed by atoms with Gasteiger partial charge in [0.1, 0.15) is 17.8 Å². The second-order valence-electron chi connectivity index (χ2n) is 5.03. The molecule has 1 aromatic rings. The number of rotatable bonds is 4. The molecule has 0 fully saturated rings. The van der Waals surface area contributed by atoms with Gasteiger partial charge in [-0.3, -0.25) is 0 Å². The molecule has 0 unspecified atom stereocenters. The summed E-state index contributed by atoms with van der Waals surface area (Å²) in [6, 6.07) is 3.74. The molecule has 2 aliphatic rings. The monoisotopic (exact) mass is 292 g/mol. The third-order valence-electron chi connectivity index (χ3n) is 3.42. The maximum absolute atomic E-state index is 9.98. The summed E-state index contributed by atoms with van der Waals surface area (Å²) in [5.41, 5.74) is 1.01. The summed E-state index contributed by atoms with van der Waals surface area (Å²) in [4.78, 5) is 8.86. The number of aliphatic imine (C=N–C) groups is 1. The summed E-state index contributed by atoms with van der Waals surface area (Å²) >= 11 is 5.71. The molecule has 0 atom stereocenters. The Balaban J connectivity index is 1.92. The number of fused-ring (bicyclic) bond motifs is 2. The maximum Gasteiger partial charge on any atom is 0.241 e. The first-order valence-corrected chi connectivity index (χ1v) is 7.27. The molecule has 2 aliphatic heterocycles. The average Bonchev–Trinajstić information content (AvgIpc) is 2.80. The maximum atomic E-state index is 9.98. The van der Waals surface area contributed by atoms with Gasteiger partial charge < -0.3 is 5.11 Å². The molecule has 0 aromatic heterocycles. The molecule has 106 valence electrons. The van der Waals surface area contributed by atoms with Gasteiger partial charge in [-0.1, -0.05) is 0 Å². The Morgan fingerprint density at radius 1 is 1.35 bits per heavy atom. The van der Waals surface area contributed by atoms with Crippen molar-refractivity contribution in [3.8, 4) is 5.75 Å². The first-order valence-electron chi connectivity index (χ1n) is 6.74. The molecule has 0 radical (unpaired) electrons. The van der Waals surface area contributed by atoms with Crippen molar-refractivity contribution in [1.29, 1.82) is 0 Å². The Bertz CT molecular complexity index is 670. The Labute approximate surface area is 122 Å². The van der Waals surface area contributed by atoms with Crippen molar-refractivity contribution < 1.29 is 5.11 Å². The number of phenolic OH excluding ortho intramolecular Hbond substituents is 1. The highest BCUT2D eigenvalue weighted by atomic mass is 35.5. The highest BCUT2D eigenvalue weighted by Gasteiger charge is 2.25. The van der Waals surface area contributed by atoms with Gasteiger partial charge in [-0.2, -0.15) is 5.01 Å².